The quantitative estimate of drug-likeness (QED) is 0.848. The number of aromatic nitrogens is 1. The summed E-state index contributed by atoms with van der Waals surface area (Å²) >= 11 is 0. The van der Waals surface area contributed by atoms with E-state index in [2.05, 4.69) is 36.2 Å². The van der Waals surface area contributed by atoms with Gasteiger partial charge in [-0.1, -0.05) is 31.2 Å². The molecule has 110 valence electrons. The minimum atomic E-state index is -0.0512. The van der Waals surface area contributed by atoms with Gasteiger partial charge in [0.1, 0.15) is 0 Å². The third kappa shape index (κ3) is 3.81. The fourth-order valence-electron chi connectivity index (χ4n) is 2.07. The van der Waals surface area contributed by atoms with Gasteiger partial charge < -0.3 is 9.64 Å². The number of rotatable bonds is 5. The maximum atomic E-state index is 12.3. The average molecular weight is 284 g/mol. The summed E-state index contributed by atoms with van der Waals surface area (Å²) in [5, 5.41) is 0. The standard InChI is InChI=1S/C17H20N2O2/c1-4-13-5-7-14(8-6-13)12-19(2)17(20)15-9-10-16(21-3)18-11-15/h5-11H,4,12H2,1-3H3. The van der Waals surface area contributed by atoms with E-state index in [1.165, 1.54) is 11.8 Å². The van der Waals surface area contributed by atoms with Crippen molar-refractivity contribution < 1.29 is 9.53 Å². The SMILES string of the molecule is CCc1ccc(CN(C)C(=O)c2ccc(OC)nc2)cc1. The van der Waals surface area contributed by atoms with Crippen molar-refractivity contribution in [1.82, 2.24) is 9.88 Å². The van der Waals surface area contributed by atoms with E-state index >= 15 is 0 Å². The monoisotopic (exact) mass is 284 g/mol. The number of pyridine rings is 1. The molecule has 0 spiro atoms. The van der Waals surface area contributed by atoms with Gasteiger partial charge in [0.2, 0.25) is 5.88 Å². The van der Waals surface area contributed by atoms with E-state index in [1.54, 1.807) is 31.2 Å². The molecule has 1 heterocycles. The maximum Gasteiger partial charge on any atom is 0.255 e. The molecule has 0 N–H and O–H groups in total. The van der Waals surface area contributed by atoms with Crippen LogP contribution in [-0.4, -0.2) is 29.9 Å². The van der Waals surface area contributed by atoms with E-state index in [1.807, 2.05) is 0 Å². The van der Waals surface area contributed by atoms with Gasteiger partial charge in [0.15, 0.2) is 0 Å². The van der Waals surface area contributed by atoms with E-state index in [0.717, 1.165) is 12.0 Å². The number of benzene rings is 1. The molecule has 0 saturated carbocycles. The van der Waals surface area contributed by atoms with Crippen LogP contribution in [0.4, 0.5) is 0 Å². The zero-order chi connectivity index (χ0) is 15.2. The minimum absolute atomic E-state index is 0.0512. The van der Waals surface area contributed by atoms with Crippen LogP contribution in [0.15, 0.2) is 42.6 Å². The van der Waals surface area contributed by atoms with E-state index in [9.17, 15) is 4.79 Å². The minimum Gasteiger partial charge on any atom is -0.481 e. The Bertz CT molecular complexity index is 591. The molecule has 0 unspecified atom stereocenters. The van der Waals surface area contributed by atoms with Crippen LogP contribution in [0.25, 0.3) is 0 Å². The number of hydrogen-bond donors (Lipinski definition) is 0. The molecule has 2 rings (SSSR count). The number of amides is 1. The van der Waals surface area contributed by atoms with Crippen molar-refractivity contribution in [2.24, 2.45) is 0 Å². The van der Waals surface area contributed by atoms with Gasteiger partial charge in [-0.25, -0.2) is 4.98 Å². The van der Waals surface area contributed by atoms with E-state index in [4.69, 9.17) is 4.74 Å². The van der Waals surface area contributed by atoms with Crippen molar-refractivity contribution in [3.63, 3.8) is 0 Å². The number of methoxy groups -OCH3 is 1. The van der Waals surface area contributed by atoms with Crippen molar-refractivity contribution in [1.29, 1.82) is 0 Å². The van der Waals surface area contributed by atoms with Crippen LogP contribution < -0.4 is 4.74 Å². The predicted octanol–water partition coefficient (Wildman–Crippen LogP) is 2.92. The Labute approximate surface area is 125 Å². The molecule has 4 nitrogen and oxygen atoms in total. The lowest BCUT2D eigenvalue weighted by atomic mass is 10.1. The molecule has 0 radical (unpaired) electrons. The smallest absolute Gasteiger partial charge is 0.255 e. The molecule has 0 aliphatic rings. The van der Waals surface area contributed by atoms with Crippen LogP contribution in [0.3, 0.4) is 0 Å². The highest BCUT2D eigenvalue weighted by Crippen LogP contribution is 2.12. The molecule has 21 heavy (non-hydrogen) atoms. The van der Waals surface area contributed by atoms with Gasteiger partial charge in [0.05, 0.1) is 12.7 Å². The topological polar surface area (TPSA) is 42.4 Å². The van der Waals surface area contributed by atoms with Crippen molar-refractivity contribution in [2.45, 2.75) is 19.9 Å². The Balaban J connectivity index is 2.03. The summed E-state index contributed by atoms with van der Waals surface area (Å²) in [6.45, 7) is 2.70. The third-order valence-corrected chi connectivity index (χ3v) is 3.39. The molecular formula is C17H20N2O2. The molecule has 1 aromatic heterocycles. The molecule has 2 aromatic rings. The lowest BCUT2D eigenvalue weighted by Crippen LogP contribution is -2.26. The molecule has 0 bridgehead atoms. The molecular weight excluding hydrogens is 264 g/mol. The van der Waals surface area contributed by atoms with E-state index in [-0.39, 0.29) is 5.91 Å². The fourth-order valence-corrected chi connectivity index (χ4v) is 2.07. The Morgan fingerprint density at radius 3 is 2.33 bits per heavy atom. The summed E-state index contributed by atoms with van der Waals surface area (Å²) in [4.78, 5) is 18.1. The highest BCUT2D eigenvalue weighted by Gasteiger charge is 2.12. The summed E-state index contributed by atoms with van der Waals surface area (Å²) in [5.74, 6) is 0.453. The van der Waals surface area contributed by atoms with Crippen LogP contribution in [0, 0.1) is 0 Å². The zero-order valence-corrected chi connectivity index (χ0v) is 12.7. The van der Waals surface area contributed by atoms with Crippen molar-refractivity contribution >= 4 is 5.91 Å². The Morgan fingerprint density at radius 1 is 1.14 bits per heavy atom. The van der Waals surface area contributed by atoms with Crippen LogP contribution in [0.2, 0.25) is 0 Å². The second-order valence-corrected chi connectivity index (χ2v) is 4.92. The average Bonchev–Trinajstić information content (AvgIpc) is 2.55. The van der Waals surface area contributed by atoms with Gasteiger partial charge in [-0.3, -0.25) is 4.79 Å². The third-order valence-electron chi connectivity index (χ3n) is 3.39. The first kappa shape index (κ1) is 15.0. The van der Waals surface area contributed by atoms with Gasteiger partial charge in [-0.05, 0) is 23.6 Å². The highest BCUT2D eigenvalue weighted by atomic mass is 16.5. The normalized spacial score (nSPS) is 10.2. The second kappa shape index (κ2) is 6.88. The largest absolute Gasteiger partial charge is 0.481 e. The van der Waals surface area contributed by atoms with Crippen LogP contribution in [0.1, 0.15) is 28.4 Å². The second-order valence-electron chi connectivity index (χ2n) is 4.92. The molecule has 4 heteroatoms. The van der Waals surface area contributed by atoms with Crippen LogP contribution >= 0.6 is 0 Å². The number of aryl methyl sites for hydroxylation is 1. The molecule has 0 atom stereocenters. The summed E-state index contributed by atoms with van der Waals surface area (Å²) in [6, 6.07) is 11.7. The van der Waals surface area contributed by atoms with E-state index < -0.39 is 0 Å². The van der Waals surface area contributed by atoms with Crippen LogP contribution in [-0.2, 0) is 13.0 Å². The van der Waals surface area contributed by atoms with Gasteiger partial charge in [0, 0.05) is 25.9 Å². The highest BCUT2D eigenvalue weighted by molar-refractivity contribution is 5.93. The molecule has 1 amide bonds. The first-order valence-electron chi connectivity index (χ1n) is 6.97. The summed E-state index contributed by atoms with van der Waals surface area (Å²) in [7, 11) is 3.34. The number of nitrogens with zero attached hydrogens (tertiary/aromatic N) is 2. The Kier molecular flexibility index (Phi) is 4.93. The Morgan fingerprint density at radius 2 is 1.81 bits per heavy atom. The van der Waals surface area contributed by atoms with Gasteiger partial charge >= 0.3 is 0 Å². The van der Waals surface area contributed by atoms with Crippen LogP contribution in [0.5, 0.6) is 5.88 Å². The van der Waals surface area contributed by atoms with Crippen molar-refractivity contribution in [2.75, 3.05) is 14.2 Å². The van der Waals surface area contributed by atoms with Crippen molar-refractivity contribution in [3.05, 3.63) is 59.3 Å². The summed E-state index contributed by atoms with van der Waals surface area (Å²) < 4.78 is 4.99. The molecule has 0 aliphatic heterocycles. The fraction of sp³-hybridized carbons (Fsp3) is 0.294. The molecule has 0 fully saturated rings. The lowest BCUT2D eigenvalue weighted by Gasteiger charge is -2.17. The zero-order valence-electron chi connectivity index (χ0n) is 12.7. The number of carbonyl (C=O) groups excluding carboxylic acids is 1. The Hall–Kier alpha value is -2.36. The first-order valence-corrected chi connectivity index (χ1v) is 6.97. The number of hydrogen-bond acceptors (Lipinski definition) is 3. The summed E-state index contributed by atoms with van der Waals surface area (Å²) in [6.07, 6.45) is 2.56. The van der Waals surface area contributed by atoms with Gasteiger partial charge in [0.25, 0.3) is 5.91 Å². The number of carbonyl (C=O) groups is 1. The van der Waals surface area contributed by atoms with E-state index in [0.29, 0.717) is 18.0 Å². The molecule has 1 aromatic carbocycles. The predicted molar refractivity (Wildman–Crippen MR) is 82.4 cm³/mol. The first-order chi connectivity index (χ1) is 10.1. The van der Waals surface area contributed by atoms with Gasteiger partial charge in [-0.15, -0.1) is 0 Å². The molecule has 0 saturated heterocycles. The molecule has 0 aliphatic carbocycles. The summed E-state index contributed by atoms with van der Waals surface area (Å²) in [5.41, 5.74) is 2.97. The van der Waals surface area contributed by atoms with Gasteiger partial charge in [-0.2, -0.15) is 0 Å². The maximum absolute atomic E-state index is 12.3. The number of ether oxygens (including phenoxy) is 1. The van der Waals surface area contributed by atoms with Crippen molar-refractivity contribution in [3.8, 4) is 5.88 Å². The lowest BCUT2D eigenvalue weighted by molar-refractivity contribution is 0.0784.